The van der Waals surface area contributed by atoms with Crippen molar-refractivity contribution in [3.8, 4) is 0 Å². The summed E-state index contributed by atoms with van der Waals surface area (Å²) in [5.74, 6) is 1.17. The van der Waals surface area contributed by atoms with Crippen LogP contribution in [-0.2, 0) is 4.74 Å². The summed E-state index contributed by atoms with van der Waals surface area (Å²) in [5, 5.41) is 0. The zero-order valence-corrected chi connectivity index (χ0v) is 7.11. The highest BCUT2D eigenvalue weighted by molar-refractivity contribution is 6.18. The van der Waals surface area contributed by atoms with Crippen molar-refractivity contribution >= 4 is 11.6 Å². The monoisotopic (exact) mass is 150 g/mol. The number of halogens is 1. The van der Waals surface area contributed by atoms with Crippen molar-refractivity contribution in [2.24, 2.45) is 5.92 Å². The van der Waals surface area contributed by atoms with E-state index in [0.29, 0.717) is 17.9 Å². The quantitative estimate of drug-likeness (QED) is 0.559. The molecule has 0 radical (unpaired) electrons. The van der Waals surface area contributed by atoms with Crippen LogP contribution in [0.25, 0.3) is 0 Å². The van der Waals surface area contributed by atoms with Crippen LogP contribution in [0.2, 0.25) is 0 Å². The van der Waals surface area contributed by atoms with E-state index in [0.717, 1.165) is 6.61 Å². The molecule has 0 N–H and O–H groups in total. The second-order valence-corrected chi connectivity index (χ2v) is 2.95. The van der Waals surface area contributed by atoms with Gasteiger partial charge in [-0.3, -0.25) is 0 Å². The van der Waals surface area contributed by atoms with Gasteiger partial charge in [-0.25, -0.2) is 0 Å². The highest BCUT2D eigenvalue weighted by atomic mass is 35.5. The normalized spacial score (nSPS) is 14.3. The molecule has 0 aliphatic carbocycles. The Bertz CT molecular complexity index is 63.9. The van der Waals surface area contributed by atoms with E-state index in [-0.39, 0.29) is 0 Å². The van der Waals surface area contributed by atoms with E-state index >= 15 is 0 Å². The first-order chi connectivity index (χ1) is 4.16. The predicted molar refractivity (Wildman–Crippen MR) is 41.0 cm³/mol. The molecule has 1 unspecified atom stereocenters. The molecule has 1 nitrogen and oxygen atoms in total. The van der Waals surface area contributed by atoms with Crippen molar-refractivity contribution in [1.82, 2.24) is 0 Å². The Balaban J connectivity index is 3.06. The van der Waals surface area contributed by atoms with Crippen LogP contribution in [0.1, 0.15) is 20.8 Å². The van der Waals surface area contributed by atoms with Crippen LogP contribution in [0.4, 0.5) is 0 Å². The third-order valence-corrected chi connectivity index (χ3v) is 1.50. The van der Waals surface area contributed by atoms with Crippen molar-refractivity contribution in [1.29, 1.82) is 0 Å². The molecule has 0 saturated heterocycles. The van der Waals surface area contributed by atoms with E-state index in [1.54, 1.807) is 0 Å². The molecule has 2 heteroatoms. The maximum atomic E-state index is 5.56. The van der Waals surface area contributed by atoms with Gasteiger partial charge in [-0.15, -0.1) is 11.6 Å². The molecule has 0 amide bonds. The smallest absolute Gasteiger partial charge is 0.0519 e. The fraction of sp³-hybridized carbons (Fsp3) is 1.00. The van der Waals surface area contributed by atoms with Crippen LogP contribution in [0, 0.1) is 5.92 Å². The van der Waals surface area contributed by atoms with Gasteiger partial charge < -0.3 is 4.74 Å². The average molecular weight is 151 g/mol. The summed E-state index contributed by atoms with van der Waals surface area (Å²) in [6.07, 6.45) is 0.329. The van der Waals surface area contributed by atoms with Crippen molar-refractivity contribution < 1.29 is 4.74 Å². The van der Waals surface area contributed by atoms with Crippen molar-refractivity contribution in [2.45, 2.75) is 26.9 Å². The van der Waals surface area contributed by atoms with Crippen molar-refractivity contribution in [2.75, 3.05) is 12.5 Å². The van der Waals surface area contributed by atoms with Crippen molar-refractivity contribution in [3.63, 3.8) is 0 Å². The first-order valence-corrected chi connectivity index (χ1v) is 3.87. The molecule has 0 aromatic rings. The molecule has 0 rings (SSSR count). The van der Waals surface area contributed by atoms with Gasteiger partial charge in [-0.2, -0.15) is 0 Å². The standard InChI is InChI=1S/C7H15ClO/c1-6(2)9-5-7(3)4-8/h6-7H,4-5H2,1-3H3. The van der Waals surface area contributed by atoms with Gasteiger partial charge in [-0.05, 0) is 19.8 Å². The molecule has 0 spiro atoms. The summed E-state index contributed by atoms with van der Waals surface area (Å²) in [6.45, 7) is 6.92. The highest BCUT2D eigenvalue weighted by Crippen LogP contribution is 2.00. The van der Waals surface area contributed by atoms with Gasteiger partial charge in [0, 0.05) is 5.88 Å². The second kappa shape index (κ2) is 5.07. The summed E-state index contributed by atoms with van der Waals surface area (Å²) in [5.41, 5.74) is 0. The number of hydrogen-bond donors (Lipinski definition) is 0. The predicted octanol–water partition coefficient (Wildman–Crippen LogP) is 2.29. The highest BCUT2D eigenvalue weighted by Gasteiger charge is 2.00. The van der Waals surface area contributed by atoms with Gasteiger partial charge >= 0.3 is 0 Å². The molecule has 0 bridgehead atoms. The summed E-state index contributed by atoms with van der Waals surface area (Å²) in [7, 11) is 0. The SMILES string of the molecule is CC(CCl)COC(C)C. The molecular weight excluding hydrogens is 136 g/mol. The molecule has 0 saturated carbocycles. The molecule has 0 aliphatic heterocycles. The summed E-state index contributed by atoms with van der Waals surface area (Å²) < 4.78 is 5.31. The van der Waals surface area contributed by atoms with Crippen LogP contribution in [0.5, 0.6) is 0 Å². The third-order valence-electron chi connectivity index (χ3n) is 0.977. The van der Waals surface area contributed by atoms with Gasteiger partial charge in [0.25, 0.3) is 0 Å². The number of alkyl halides is 1. The van der Waals surface area contributed by atoms with Gasteiger partial charge in [-0.1, -0.05) is 6.92 Å². The lowest BCUT2D eigenvalue weighted by Gasteiger charge is -2.10. The summed E-state index contributed by atoms with van der Waals surface area (Å²) >= 11 is 5.56. The molecule has 0 aromatic carbocycles. The van der Waals surface area contributed by atoms with Crippen LogP contribution in [0.15, 0.2) is 0 Å². The lowest BCUT2D eigenvalue weighted by atomic mass is 10.2. The van der Waals surface area contributed by atoms with E-state index in [4.69, 9.17) is 16.3 Å². The summed E-state index contributed by atoms with van der Waals surface area (Å²) in [4.78, 5) is 0. The fourth-order valence-corrected chi connectivity index (χ4v) is 0.490. The van der Waals surface area contributed by atoms with Gasteiger partial charge in [0.05, 0.1) is 12.7 Å². The Kier molecular flexibility index (Phi) is 5.21. The molecule has 0 fully saturated rings. The average Bonchev–Trinajstić information content (AvgIpc) is 1.83. The number of ether oxygens (including phenoxy) is 1. The van der Waals surface area contributed by atoms with Crippen LogP contribution in [0.3, 0.4) is 0 Å². The molecule has 0 aromatic heterocycles. The van der Waals surface area contributed by atoms with Gasteiger partial charge in [0.15, 0.2) is 0 Å². The largest absolute Gasteiger partial charge is 0.378 e. The molecule has 9 heavy (non-hydrogen) atoms. The third kappa shape index (κ3) is 6.13. The van der Waals surface area contributed by atoms with Gasteiger partial charge in [0.2, 0.25) is 0 Å². The van der Waals surface area contributed by atoms with Crippen LogP contribution >= 0.6 is 11.6 Å². The van der Waals surface area contributed by atoms with E-state index in [2.05, 4.69) is 6.92 Å². The van der Waals surface area contributed by atoms with E-state index < -0.39 is 0 Å². The first kappa shape index (κ1) is 9.25. The topological polar surface area (TPSA) is 9.23 Å². The lowest BCUT2D eigenvalue weighted by Crippen LogP contribution is -2.11. The Hall–Kier alpha value is 0.250. The summed E-state index contributed by atoms with van der Waals surface area (Å²) in [6, 6.07) is 0. The zero-order valence-electron chi connectivity index (χ0n) is 6.36. The Morgan fingerprint density at radius 1 is 1.33 bits per heavy atom. The molecule has 1 atom stereocenters. The minimum atomic E-state index is 0.329. The Labute approximate surface area is 62.3 Å². The fourth-order valence-electron chi connectivity index (χ4n) is 0.401. The Morgan fingerprint density at radius 3 is 2.22 bits per heavy atom. The van der Waals surface area contributed by atoms with Crippen LogP contribution in [-0.4, -0.2) is 18.6 Å². The molecular formula is C7H15ClO. The van der Waals surface area contributed by atoms with E-state index in [9.17, 15) is 0 Å². The minimum Gasteiger partial charge on any atom is -0.378 e. The van der Waals surface area contributed by atoms with Crippen LogP contribution < -0.4 is 0 Å². The second-order valence-electron chi connectivity index (χ2n) is 2.64. The maximum Gasteiger partial charge on any atom is 0.0519 e. The van der Waals surface area contributed by atoms with E-state index in [1.807, 2.05) is 13.8 Å². The first-order valence-electron chi connectivity index (χ1n) is 3.34. The van der Waals surface area contributed by atoms with Crippen molar-refractivity contribution in [3.05, 3.63) is 0 Å². The van der Waals surface area contributed by atoms with Gasteiger partial charge in [0.1, 0.15) is 0 Å². The molecule has 0 aliphatic rings. The molecule has 0 heterocycles. The maximum absolute atomic E-state index is 5.56. The lowest BCUT2D eigenvalue weighted by molar-refractivity contribution is 0.0600. The number of rotatable bonds is 4. The Morgan fingerprint density at radius 2 is 1.89 bits per heavy atom. The molecule has 56 valence electrons. The van der Waals surface area contributed by atoms with E-state index in [1.165, 1.54) is 0 Å². The minimum absolute atomic E-state index is 0.329. The number of hydrogen-bond acceptors (Lipinski definition) is 1. The zero-order chi connectivity index (χ0) is 7.28.